The molecule has 0 aliphatic carbocycles. The molecule has 0 aliphatic rings. The van der Waals surface area contributed by atoms with Crippen LogP contribution in [0, 0.1) is 0 Å². The molecule has 9 heteroatoms. The molecule has 9 heavy (non-hydrogen) atoms. The molecule has 0 fully saturated rings. The summed E-state index contributed by atoms with van der Waals surface area (Å²) < 4.78 is 0. The first-order chi connectivity index (χ1) is 0. The Morgan fingerprint density at radius 2 is 0.444 bits per heavy atom. The smallest absolute Gasteiger partial charge is 0 e. The van der Waals surface area contributed by atoms with E-state index in [1.54, 1.807) is 0 Å². The van der Waals surface area contributed by atoms with Gasteiger partial charge in [0, 0.05) is 33.6 Å². The molecule has 0 saturated carbocycles. The molecule has 0 atom stereocenters. The average Bonchev–Trinajstić information content (AvgIpc) is 0. The Balaban J connectivity index is 0. The van der Waals surface area contributed by atoms with Crippen molar-refractivity contribution in [2.45, 2.75) is 0 Å². The molecule has 0 spiro atoms. The Kier molecular flexibility index (Phi) is 762. The first-order valence-electron chi connectivity index (χ1n) is 0. The zero-order valence-corrected chi connectivity index (χ0v) is 7.44. The molecule has 0 aromatic heterocycles. The monoisotopic (exact) mass is 500 g/mol. The second-order valence-corrected chi connectivity index (χ2v) is 0. The molecule has 0 aliphatic heterocycles. The molecule has 0 bridgehead atoms. The molecule has 3 nitrogen and oxygen atoms in total. The SMILES string of the molecule is [Al+3].[Al+3].[BaH2].[BaH2].[Co].[Co].[O-2].[O-2].[O-2]. The fraction of sp³-hybridized carbons (Fsp3) is 0. The van der Waals surface area contributed by atoms with Crippen molar-refractivity contribution in [1.82, 2.24) is 0 Å². The van der Waals surface area contributed by atoms with Crippen LogP contribution in [-0.2, 0) is 50.0 Å². The van der Waals surface area contributed by atoms with Gasteiger partial charge in [-0.25, -0.2) is 0 Å². The molecule has 0 unspecified atom stereocenters. The van der Waals surface area contributed by atoms with E-state index in [1.807, 2.05) is 0 Å². The van der Waals surface area contributed by atoms with Gasteiger partial charge in [-0.15, -0.1) is 0 Å². The van der Waals surface area contributed by atoms with E-state index in [9.17, 15) is 0 Å². The standard InChI is InChI=1S/2Al.2Ba.2Co.3O.4H/q2*+3;;;;;3*-2;;;;. The molecule has 0 saturated heterocycles. The third kappa shape index (κ3) is 62.0. The van der Waals surface area contributed by atoms with Gasteiger partial charge in [-0.3, -0.25) is 0 Å². The summed E-state index contributed by atoms with van der Waals surface area (Å²) in [5, 5.41) is 0. The topological polar surface area (TPSA) is 85.5 Å². The van der Waals surface area contributed by atoms with Crippen molar-refractivity contribution < 1.29 is 50.0 Å². The normalized spacial score (nSPS) is 0. The van der Waals surface area contributed by atoms with Crippen molar-refractivity contribution in [3.63, 3.8) is 0 Å². The Bertz CT molecular complexity index is 17.8. The summed E-state index contributed by atoms with van der Waals surface area (Å²) in [5.41, 5.74) is 0. The minimum absolute atomic E-state index is 0. The van der Waals surface area contributed by atoms with E-state index in [0.29, 0.717) is 0 Å². The first kappa shape index (κ1) is 93.0. The zero-order chi connectivity index (χ0) is 0. The number of rotatable bonds is 0. The second-order valence-electron chi connectivity index (χ2n) is 0. The van der Waals surface area contributed by atoms with Crippen molar-refractivity contribution in [3.05, 3.63) is 0 Å². The fourth-order valence-electron chi connectivity index (χ4n) is 0. The Labute approximate surface area is 177 Å². The predicted molar refractivity (Wildman–Crippen MR) is 30.7 cm³/mol. The third-order valence-electron chi connectivity index (χ3n) is 0. The van der Waals surface area contributed by atoms with Crippen molar-refractivity contribution in [2.24, 2.45) is 0 Å². The van der Waals surface area contributed by atoms with Crippen LogP contribution in [0.25, 0.3) is 0 Å². The molecule has 0 rings (SSSR count). The summed E-state index contributed by atoms with van der Waals surface area (Å²) in [4.78, 5) is 0. The van der Waals surface area contributed by atoms with Gasteiger partial charge in [0.2, 0.25) is 0 Å². The average molecular weight is 499 g/mol. The molecule has 0 aromatic carbocycles. The quantitative estimate of drug-likeness (QED) is 0.320. The molecule has 0 amide bonds. The van der Waals surface area contributed by atoms with Gasteiger partial charge in [-0.2, -0.15) is 0 Å². The van der Waals surface area contributed by atoms with E-state index in [2.05, 4.69) is 0 Å². The summed E-state index contributed by atoms with van der Waals surface area (Å²) >= 11 is 0. The Morgan fingerprint density at radius 3 is 0.444 bits per heavy atom. The first-order valence-corrected chi connectivity index (χ1v) is 0. The van der Waals surface area contributed by atoms with Gasteiger partial charge in [0.15, 0.2) is 0 Å². The van der Waals surface area contributed by atoms with Gasteiger partial charge in [0.25, 0.3) is 0 Å². The van der Waals surface area contributed by atoms with E-state index < -0.39 is 0 Å². The molecule has 0 heterocycles. The number of hydrogen-bond acceptors (Lipinski definition) is 0. The molecular formula is H4Al2Ba2Co2O3. The Morgan fingerprint density at radius 1 is 0.444 bits per heavy atom. The van der Waals surface area contributed by atoms with Gasteiger partial charge in [0.1, 0.15) is 0 Å². The Hall–Kier alpha value is 5.10. The fourth-order valence-corrected chi connectivity index (χ4v) is 0. The van der Waals surface area contributed by atoms with Gasteiger partial charge >= 0.3 is 132 Å². The van der Waals surface area contributed by atoms with Gasteiger partial charge in [-0.05, 0) is 0 Å². The maximum absolute atomic E-state index is 0. The van der Waals surface area contributed by atoms with Crippen LogP contribution in [0.3, 0.4) is 0 Å². The third-order valence-corrected chi connectivity index (χ3v) is 0. The summed E-state index contributed by atoms with van der Waals surface area (Å²) in [6, 6.07) is 0. The van der Waals surface area contributed by atoms with E-state index >= 15 is 0 Å². The van der Waals surface area contributed by atoms with Crippen LogP contribution >= 0.6 is 0 Å². The van der Waals surface area contributed by atoms with E-state index in [-0.39, 0.29) is 182 Å². The second kappa shape index (κ2) is 73.7. The summed E-state index contributed by atoms with van der Waals surface area (Å²) in [5.74, 6) is 0. The van der Waals surface area contributed by atoms with Crippen LogP contribution < -0.4 is 0 Å². The zero-order valence-electron chi connectivity index (χ0n) is 3.05. The molecular weight excluding hydrogens is 494 g/mol. The van der Waals surface area contributed by atoms with E-state index in [4.69, 9.17) is 0 Å². The predicted octanol–water partition coefficient (Wildman–Crippen LogP) is -2.96. The van der Waals surface area contributed by atoms with Gasteiger partial charge in [-0.1, -0.05) is 0 Å². The minimum Gasteiger partial charge on any atom is -2.00 e. The van der Waals surface area contributed by atoms with Gasteiger partial charge in [0.05, 0.1) is 0 Å². The maximum Gasteiger partial charge on any atom is 0 e. The van der Waals surface area contributed by atoms with E-state index in [1.165, 1.54) is 0 Å². The van der Waals surface area contributed by atoms with Crippen LogP contribution in [0.4, 0.5) is 0 Å². The molecule has 50 valence electrons. The molecule has 2 radical (unpaired) electrons. The van der Waals surface area contributed by atoms with Crippen LogP contribution in [0.5, 0.6) is 0 Å². The largest absolute Gasteiger partial charge is 2.00 e. The van der Waals surface area contributed by atoms with Crippen molar-refractivity contribution in [3.8, 4) is 0 Å². The number of hydrogen-bond donors (Lipinski definition) is 0. The summed E-state index contributed by atoms with van der Waals surface area (Å²) in [6.45, 7) is 0. The maximum atomic E-state index is 0. The van der Waals surface area contributed by atoms with Crippen LogP contribution in [-0.4, -0.2) is 132 Å². The summed E-state index contributed by atoms with van der Waals surface area (Å²) in [6.07, 6.45) is 0. The van der Waals surface area contributed by atoms with E-state index in [0.717, 1.165) is 0 Å². The summed E-state index contributed by atoms with van der Waals surface area (Å²) in [7, 11) is 0. The van der Waals surface area contributed by atoms with Gasteiger partial charge < -0.3 is 16.4 Å². The van der Waals surface area contributed by atoms with Crippen LogP contribution in [0.1, 0.15) is 0 Å². The van der Waals surface area contributed by atoms with Crippen molar-refractivity contribution in [1.29, 1.82) is 0 Å². The molecule has 0 aromatic rings. The van der Waals surface area contributed by atoms with Crippen molar-refractivity contribution >= 4 is 132 Å². The van der Waals surface area contributed by atoms with Crippen LogP contribution in [0.15, 0.2) is 0 Å². The molecule has 0 N–H and O–H groups in total. The van der Waals surface area contributed by atoms with Crippen LogP contribution in [0.2, 0.25) is 0 Å². The minimum atomic E-state index is 0. The van der Waals surface area contributed by atoms with Crippen molar-refractivity contribution in [2.75, 3.05) is 0 Å².